The minimum atomic E-state index is -0.0297. The normalized spacial score (nSPS) is 15.0. The second-order valence-corrected chi connectivity index (χ2v) is 23.9. The summed E-state index contributed by atoms with van der Waals surface area (Å²) in [4.78, 5) is 35.7. The second kappa shape index (κ2) is 28.3. The zero-order chi connectivity index (χ0) is 55.9. The Kier molecular flexibility index (Phi) is 20.1. The Labute approximate surface area is 485 Å². The molecule has 422 valence electrons. The van der Waals surface area contributed by atoms with Crippen molar-refractivity contribution >= 4 is 66.8 Å². The quantitative estimate of drug-likeness (QED) is 0.0247. The van der Waals surface area contributed by atoms with Crippen LogP contribution in [0.1, 0.15) is 193 Å². The predicted octanol–water partition coefficient (Wildman–Crippen LogP) is 22.0. The van der Waals surface area contributed by atoms with Crippen molar-refractivity contribution in [3.8, 4) is 33.6 Å². The largest absolute Gasteiger partial charge is 0.455 e. The second-order valence-electron chi connectivity index (χ2n) is 23.9. The summed E-state index contributed by atoms with van der Waals surface area (Å²) in [5.74, 6) is 1.58. The third kappa shape index (κ3) is 13.0. The lowest BCUT2D eigenvalue weighted by Gasteiger charge is -2.25. The van der Waals surface area contributed by atoms with Crippen molar-refractivity contribution in [1.29, 1.82) is 0 Å². The van der Waals surface area contributed by atoms with E-state index in [1.807, 2.05) is 0 Å². The summed E-state index contributed by atoms with van der Waals surface area (Å²) in [6.07, 6.45) is 29.3. The first-order valence-electron chi connectivity index (χ1n) is 32.1. The van der Waals surface area contributed by atoms with Crippen LogP contribution in [0.5, 0.6) is 0 Å². The van der Waals surface area contributed by atoms with Gasteiger partial charge in [-0.1, -0.05) is 284 Å². The van der Waals surface area contributed by atoms with Crippen LogP contribution in [0, 0.1) is 11.8 Å². The van der Waals surface area contributed by atoms with Crippen LogP contribution in [0.2, 0.25) is 0 Å². The zero-order valence-corrected chi connectivity index (χ0v) is 49.5. The molecule has 10 rings (SSSR count). The van der Waals surface area contributed by atoms with Crippen molar-refractivity contribution in [3.05, 3.63) is 157 Å². The van der Waals surface area contributed by atoms with Crippen LogP contribution in [0.25, 0.3) is 77.2 Å². The number of carbonyl (C=O) groups excluding carboxylic acids is 2. The third-order valence-electron chi connectivity index (χ3n) is 18.0. The van der Waals surface area contributed by atoms with Gasteiger partial charge in [0.05, 0.1) is 22.5 Å². The summed E-state index contributed by atoms with van der Waals surface area (Å²) in [5, 5.41) is 5.63. The average Bonchev–Trinajstić information content (AvgIpc) is 3.90. The number of carbonyl (C=O) groups is 2. The number of unbranched alkanes of at least 4 members (excludes halogenated alkanes) is 16. The molecule has 2 aliphatic heterocycles. The van der Waals surface area contributed by atoms with E-state index in [0.717, 1.165) is 109 Å². The Balaban J connectivity index is 1.09. The van der Waals surface area contributed by atoms with Gasteiger partial charge >= 0.3 is 0 Å². The first kappa shape index (κ1) is 57.5. The van der Waals surface area contributed by atoms with Crippen molar-refractivity contribution in [2.45, 2.75) is 182 Å². The number of fused-ring (bicyclic) bond motifs is 8. The van der Waals surface area contributed by atoms with Crippen LogP contribution in [0.3, 0.4) is 0 Å². The Morgan fingerprint density at radius 1 is 0.370 bits per heavy atom. The van der Waals surface area contributed by atoms with Crippen molar-refractivity contribution in [2.75, 3.05) is 22.9 Å². The van der Waals surface area contributed by atoms with Gasteiger partial charge in [-0.05, 0) is 88.6 Å². The maximum Gasteiger partial charge on any atom is 0.259 e. The van der Waals surface area contributed by atoms with Gasteiger partial charge in [0.2, 0.25) is 0 Å². The highest BCUT2D eigenvalue weighted by Crippen LogP contribution is 2.51. The summed E-state index contributed by atoms with van der Waals surface area (Å²) in [5.41, 5.74) is 11.0. The Morgan fingerprint density at radius 2 is 0.802 bits per heavy atom. The molecule has 8 aromatic rings. The van der Waals surface area contributed by atoms with Gasteiger partial charge in [-0.3, -0.25) is 9.59 Å². The molecule has 0 saturated heterocycles. The number of amides is 2. The smallest absolute Gasteiger partial charge is 0.259 e. The van der Waals surface area contributed by atoms with Gasteiger partial charge in [0, 0.05) is 46.1 Å². The molecular weight excluding hydrogens is 989 g/mol. The van der Waals surface area contributed by atoms with Crippen LogP contribution < -0.4 is 9.80 Å². The van der Waals surface area contributed by atoms with E-state index < -0.39 is 0 Å². The molecule has 2 unspecified atom stereocenters. The number of hydrogen-bond donors (Lipinski definition) is 0. The fourth-order valence-electron chi connectivity index (χ4n) is 13.6. The van der Waals surface area contributed by atoms with Gasteiger partial charge in [0.1, 0.15) is 11.3 Å². The number of nitrogens with zero attached hydrogens (tertiary/aromatic N) is 2. The van der Waals surface area contributed by atoms with E-state index in [4.69, 9.17) is 4.42 Å². The van der Waals surface area contributed by atoms with Crippen molar-refractivity contribution in [1.82, 2.24) is 0 Å². The molecule has 0 bridgehead atoms. The van der Waals surface area contributed by atoms with Crippen LogP contribution in [0.4, 0.5) is 11.4 Å². The topological polar surface area (TPSA) is 53.8 Å². The van der Waals surface area contributed by atoms with E-state index in [1.54, 1.807) is 0 Å². The predicted molar refractivity (Wildman–Crippen MR) is 346 cm³/mol. The molecule has 0 fully saturated rings. The zero-order valence-electron chi connectivity index (χ0n) is 49.5. The number of anilines is 2. The third-order valence-corrected chi connectivity index (χ3v) is 18.0. The highest BCUT2D eigenvalue weighted by molar-refractivity contribution is 6.50. The molecule has 5 heteroatoms. The van der Waals surface area contributed by atoms with Gasteiger partial charge in [-0.15, -0.1) is 0 Å². The molecular formula is C76H90N2O3. The lowest BCUT2D eigenvalue weighted by Crippen LogP contribution is -2.34. The molecule has 2 amide bonds. The molecule has 1 aromatic heterocycles. The number of hydrogen-bond acceptors (Lipinski definition) is 3. The first-order valence-corrected chi connectivity index (χ1v) is 32.1. The molecule has 3 heterocycles. The van der Waals surface area contributed by atoms with Gasteiger partial charge in [-0.2, -0.15) is 0 Å². The molecule has 2 aliphatic rings. The Morgan fingerprint density at radius 3 is 1.38 bits per heavy atom. The number of benzene rings is 7. The van der Waals surface area contributed by atoms with Gasteiger partial charge in [-0.25, -0.2) is 0 Å². The number of furan rings is 1. The van der Waals surface area contributed by atoms with Crippen LogP contribution in [0.15, 0.2) is 150 Å². The molecule has 0 radical (unpaired) electrons. The van der Waals surface area contributed by atoms with Crippen molar-refractivity contribution in [3.63, 3.8) is 0 Å². The lowest BCUT2D eigenvalue weighted by molar-refractivity contribution is -0.114. The minimum absolute atomic E-state index is 0.0175. The van der Waals surface area contributed by atoms with E-state index in [2.05, 4.69) is 183 Å². The van der Waals surface area contributed by atoms with Crippen LogP contribution >= 0.6 is 0 Å². The highest BCUT2D eigenvalue weighted by Gasteiger charge is 2.43. The van der Waals surface area contributed by atoms with Gasteiger partial charge < -0.3 is 14.2 Å². The average molecular weight is 1080 g/mol. The molecule has 0 saturated carbocycles. The van der Waals surface area contributed by atoms with Crippen molar-refractivity contribution < 1.29 is 14.0 Å². The highest BCUT2D eigenvalue weighted by atomic mass is 16.3. The van der Waals surface area contributed by atoms with E-state index in [0.29, 0.717) is 36.1 Å². The van der Waals surface area contributed by atoms with Crippen molar-refractivity contribution in [2.24, 2.45) is 11.8 Å². The summed E-state index contributed by atoms with van der Waals surface area (Å²) in [6.45, 7) is 10.5. The maximum absolute atomic E-state index is 15.9. The summed E-state index contributed by atoms with van der Waals surface area (Å²) in [6, 6.07) is 51.7. The maximum atomic E-state index is 15.9. The summed E-state index contributed by atoms with van der Waals surface area (Å²) in [7, 11) is 0. The Hall–Kier alpha value is -6.72. The fraction of sp³-hybridized carbons (Fsp3) is 0.421. The van der Waals surface area contributed by atoms with Gasteiger partial charge in [0.25, 0.3) is 11.8 Å². The SMILES string of the molecule is CCCCCCCCC(CCCCCC)CN1C(=O)/C(=C2/C(=O)N(CC(CCCCCC)CCCCCCCC)c3cc(-c4ccc5c6ccccc6c6oc(-c7ccccc7)c(-c7ccccc7)c6c5c4)ccc32)c2ccccc21. The van der Waals surface area contributed by atoms with E-state index in [9.17, 15) is 0 Å². The Bertz CT molecular complexity index is 3400. The van der Waals surface area contributed by atoms with E-state index in [1.165, 1.54) is 134 Å². The van der Waals surface area contributed by atoms with E-state index >= 15 is 9.59 Å². The lowest BCUT2D eigenvalue weighted by atomic mass is 9.90. The molecule has 0 spiro atoms. The van der Waals surface area contributed by atoms with Gasteiger partial charge in [0.15, 0.2) is 0 Å². The van der Waals surface area contributed by atoms with Crippen LogP contribution in [-0.2, 0) is 9.59 Å². The molecule has 5 nitrogen and oxygen atoms in total. The van der Waals surface area contributed by atoms with Crippen LogP contribution in [-0.4, -0.2) is 24.9 Å². The minimum Gasteiger partial charge on any atom is -0.455 e. The molecule has 81 heavy (non-hydrogen) atoms. The summed E-state index contributed by atoms with van der Waals surface area (Å²) >= 11 is 0. The molecule has 2 atom stereocenters. The number of rotatable bonds is 31. The fourth-order valence-corrected chi connectivity index (χ4v) is 13.6. The molecule has 0 N–H and O–H groups in total. The number of para-hydroxylation sites is 1. The molecule has 7 aromatic carbocycles. The standard InChI is InChI=1S/C76H90N2O3/c1-5-9-13-17-19-25-37-55(35-23-15-11-7-3)53-77-67-46-34-33-45-64(67)71(75(77)79)72-65-50-48-60(52-68(65)78(76(72)80)54-56(36-24-16-12-8-4)38-26-20-18-14-10-6-2)59-47-49-62-61-43-31-32-44-63(61)74-70(66(62)51-59)69(57-39-27-21-28-40-57)73(81-74)58-41-29-22-30-42-58/h21-22,27-34,39-52,55-56H,5-20,23-26,35-38,53-54H2,1-4H3/b72-71+. The van der Waals surface area contributed by atoms with E-state index in [-0.39, 0.29) is 11.8 Å². The first-order chi connectivity index (χ1) is 39.9. The molecule has 0 aliphatic carbocycles. The summed E-state index contributed by atoms with van der Waals surface area (Å²) < 4.78 is 7.13. The monoisotopic (exact) mass is 1080 g/mol.